The van der Waals surface area contributed by atoms with Gasteiger partial charge in [0.1, 0.15) is 0 Å². The molecule has 3 aromatic rings. The van der Waals surface area contributed by atoms with Gasteiger partial charge in [0.05, 0.1) is 17.5 Å². The summed E-state index contributed by atoms with van der Waals surface area (Å²) in [5.41, 5.74) is 0.676. The van der Waals surface area contributed by atoms with Gasteiger partial charge in [-0.25, -0.2) is 4.98 Å². The van der Waals surface area contributed by atoms with Crippen molar-refractivity contribution in [2.24, 2.45) is 5.92 Å². The second kappa shape index (κ2) is 11.9. The number of para-hydroxylation sites is 1. The third-order valence-electron chi connectivity index (χ3n) is 6.40. The van der Waals surface area contributed by atoms with E-state index in [0.29, 0.717) is 47.2 Å². The number of aromatic amines is 1. The van der Waals surface area contributed by atoms with Crippen molar-refractivity contribution < 1.29 is 9.53 Å². The van der Waals surface area contributed by atoms with Crippen molar-refractivity contribution in [2.45, 2.75) is 64.3 Å². The summed E-state index contributed by atoms with van der Waals surface area (Å²) in [5.74, 6) is 1.62. The average Bonchev–Trinajstić information content (AvgIpc) is 2.85. The van der Waals surface area contributed by atoms with Crippen LogP contribution in [0.4, 0.5) is 5.82 Å². The number of H-pyrrole nitrogens is 1. The normalized spacial score (nSPS) is 14.2. The third-order valence-corrected chi connectivity index (χ3v) is 6.73. The molecular weight excluding hydrogens is 448 g/mol. The number of nitrogens with one attached hydrogen (secondary N) is 2. The van der Waals surface area contributed by atoms with Crippen molar-refractivity contribution in [1.29, 1.82) is 0 Å². The predicted molar refractivity (Wildman–Crippen MR) is 137 cm³/mol. The number of unbranched alkanes of at least 4 members (excludes halogenated alkanes) is 2. The van der Waals surface area contributed by atoms with Crippen LogP contribution in [0, 0.1) is 10.7 Å². The number of anilines is 1. The van der Waals surface area contributed by atoms with Gasteiger partial charge in [-0.3, -0.25) is 14.2 Å². The highest BCUT2D eigenvalue weighted by atomic mass is 32.1. The molecule has 0 saturated heterocycles. The first-order valence-corrected chi connectivity index (χ1v) is 12.6. The Hall–Kier alpha value is -3.00. The molecule has 2 N–H and O–H groups in total. The van der Waals surface area contributed by atoms with E-state index < -0.39 is 0 Å². The zero-order valence-electron chi connectivity index (χ0n) is 19.4. The first-order valence-electron chi connectivity index (χ1n) is 12.2. The number of ether oxygens (including phenoxy) is 1. The largest absolute Gasteiger partial charge is 0.489 e. The monoisotopic (exact) mass is 480 g/mol. The highest BCUT2D eigenvalue weighted by molar-refractivity contribution is 7.71. The molecule has 1 saturated carbocycles. The quantitative estimate of drug-likeness (QED) is 0.291. The molecule has 4 rings (SSSR count). The lowest BCUT2D eigenvalue weighted by Gasteiger charge is -2.22. The highest BCUT2D eigenvalue weighted by Gasteiger charge is 2.16. The van der Waals surface area contributed by atoms with Crippen LogP contribution in [0.2, 0.25) is 0 Å². The van der Waals surface area contributed by atoms with Crippen LogP contribution >= 0.6 is 12.2 Å². The number of hydrogen-bond acceptors (Lipinski definition) is 5. The number of hydrogen-bond donors (Lipinski definition) is 2. The Balaban J connectivity index is 1.23. The van der Waals surface area contributed by atoms with Gasteiger partial charge in [-0.15, -0.1) is 0 Å². The molecule has 0 bridgehead atoms. The van der Waals surface area contributed by atoms with Gasteiger partial charge in [-0.05, 0) is 68.1 Å². The van der Waals surface area contributed by atoms with Crippen molar-refractivity contribution in [3.05, 3.63) is 57.7 Å². The number of carbonyl (C=O) groups excluding carboxylic acids is 1. The molecule has 34 heavy (non-hydrogen) atoms. The molecule has 1 aliphatic rings. The molecular formula is C26H32N4O3S. The predicted octanol–water partition coefficient (Wildman–Crippen LogP) is 5.61. The summed E-state index contributed by atoms with van der Waals surface area (Å²) in [7, 11) is 0. The van der Waals surface area contributed by atoms with Crippen molar-refractivity contribution >= 4 is 34.8 Å². The Morgan fingerprint density at radius 1 is 1.12 bits per heavy atom. The fourth-order valence-corrected chi connectivity index (χ4v) is 4.78. The third kappa shape index (κ3) is 6.32. The number of pyridine rings is 1. The first-order chi connectivity index (χ1) is 16.6. The smallest absolute Gasteiger partial charge is 0.262 e. The summed E-state index contributed by atoms with van der Waals surface area (Å²) < 4.78 is 8.03. The van der Waals surface area contributed by atoms with Crippen molar-refractivity contribution in [2.75, 3.05) is 11.9 Å². The van der Waals surface area contributed by atoms with E-state index in [1.54, 1.807) is 16.8 Å². The summed E-state index contributed by atoms with van der Waals surface area (Å²) in [4.78, 5) is 32.6. The maximum Gasteiger partial charge on any atom is 0.262 e. The van der Waals surface area contributed by atoms with Gasteiger partial charge in [0, 0.05) is 19.2 Å². The topological polar surface area (TPSA) is 89.0 Å². The molecule has 0 unspecified atom stereocenters. The van der Waals surface area contributed by atoms with Crippen molar-refractivity contribution in [3.8, 4) is 5.75 Å². The number of nitrogens with zero attached hydrogens (tertiary/aromatic N) is 2. The summed E-state index contributed by atoms with van der Waals surface area (Å²) in [6, 6.07) is 11.1. The molecule has 2 aromatic heterocycles. The number of fused-ring (bicyclic) bond motifs is 1. The molecule has 0 radical (unpaired) electrons. The standard InChI is InChI=1S/C26H32N4O3S/c31-23(29-24-22(14-9-16-27-24)33-18-19-10-3-1-4-11-19)15-5-2-8-17-30-25(32)20-12-6-7-13-21(20)28-26(30)34/h6-7,9,12-14,16,19H,1-5,8,10-11,15,17-18H2,(H,28,34)(H,27,29,31). The van der Waals surface area contributed by atoms with E-state index in [9.17, 15) is 9.59 Å². The Labute approximate surface area is 204 Å². The number of aromatic nitrogens is 3. The van der Waals surface area contributed by atoms with Crippen LogP contribution in [0.15, 0.2) is 47.4 Å². The van der Waals surface area contributed by atoms with Crippen LogP contribution in [0.25, 0.3) is 10.9 Å². The summed E-state index contributed by atoms with van der Waals surface area (Å²) in [6.45, 7) is 1.20. The van der Waals surface area contributed by atoms with Crippen LogP contribution in [0.5, 0.6) is 5.75 Å². The van der Waals surface area contributed by atoms with Gasteiger partial charge in [0.15, 0.2) is 16.3 Å². The van der Waals surface area contributed by atoms with Crippen molar-refractivity contribution in [3.63, 3.8) is 0 Å². The highest BCUT2D eigenvalue weighted by Crippen LogP contribution is 2.27. The first kappa shape index (κ1) is 24.1. The molecule has 7 nitrogen and oxygen atoms in total. The molecule has 0 atom stereocenters. The van der Waals surface area contributed by atoms with Crippen LogP contribution in [0.1, 0.15) is 57.8 Å². The Morgan fingerprint density at radius 3 is 2.79 bits per heavy atom. The molecule has 1 amide bonds. The summed E-state index contributed by atoms with van der Waals surface area (Å²) in [6.07, 6.45) is 10.6. The fraction of sp³-hybridized carbons (Fsp3) is 0.462. The van der Waals surface area contributed by atoms with E-state index in [1.165, 1.54) is 32.1 Å². The van der Waals surface area contributed by atoms with Gasteiger partial charge in [0.2, 0.25) is 5.91 Å². The summed E-state index contributed by atoms with van der Waals surface area (Å²) >= 11 is 5.36. The molecule has 2 heterocycles. The van der Waals surface area contributed by atoms with Crippen LogP contribution in [-0.4, -0.2) is 27.0 Å². The van der Waals surface area contributed by atoms with Gasteiger partial charge in [-0.1, -0.05) is 37.8 Å². The number of carbonyl (C=O) groups is 1. The van der Waals surface area contributed by atoms with Gasteiger partial charge in [-0.2, -0.15) is 0 Å². The van der Waals surface area contributed by atoms with E-state index in [4.69, 9.17) is 17.0 Å². The minimum absolute atomic E-state index is 0.0759. The number of benzene rings is 1. The Kier molecular flexibility index (Phi) is 8.46. The second-order valence-corrected chi connectivity index (χ2v) is 9.34. The van der Waals surface area contributed by atoms with E-state index >= 15 is 0 Å². The number of rotatable bonds is 10. The Bertz CT molecular complexity index is 1230. The maximum atomic E-state index is 12.7. The zero-order valence-corrected chi connectivity index (χ0v) is 20.2. The minimum atomic E-state index is -0.0821. The molecule has 1 aliphatic carbocycles. The van der Waals surface area contributed by atoms with E-state index in [2.05, 4.69) is 15.3 Å². The van der Waals surface area contributed by atoms with E-state index in [-0.39, 0.29) is 11.5 Å². The second-order valence-electron chi connectivity index (χ2n) is 8.96. The fourth-order valence-electron chi connectivity index (χ4n) is 4.49. The zero-order chi connectivity index (χ0) is 23.8. The molecule has 180 valence electrons. The lowest BCUT2D eigenvalue weighted by molar-refractivity contribution is -0.116. The van der Waals surface area contributed by atoms with Gasteiger partial charge < -0.3 is 15.0 Å². The van der Waals surface area contributed by atoms with E-state index in [0.717, 1.165) is 24.8 Å². The molecule has 0 spiro atoms. The maximum absolute atomic E-state index is 12.7. The van der Waals surface area contributed by atoms with Gasteiger partial charge in [0.25, 0.3) is 5.56 Å². The average molecular weight is 481 g/mol. The van der Waals surface area contributed by atoms with Crippen molar-refractivity contribution in [1.82, 2.24) is 14.5 Å². The molecule has 8 heteroatoms. The Morgan fingerprint density at radius 2 is 1.94 bits per heavy atom. The van der Waals surface area contributed by atoms with Crippen LogP contribution in [-0.2, 0) is 11.3 Å². The number of amides is 1. The molecule has 0 aliphatic heterocycles. The molecule has 1 aromatic carbocycles. The minimum Gasteiger partial charge on any atom is -0.489 e. The molecule has 1 fully saturated rings. The van der Waals surface area contributed by atoms with Crippen LogP contribution < -0.4 is 15.6 Å². The lowest BCUT2D eigenvalue weighted by Crippen LogP contribution is -2.22. The SMILES string of the molecule is O=C(CCCCCn1c(=S)[nH]c2ccccc2c1=O)Nc1ncccc1OCC1CCCCC1. The van der Waals surface area contributed by atoms with Gasteiger partial charge >= 0.3 is 0 Å². The summed E-state index contributed by atoms with van der Waals surface area (Å²) in [5, 5.41) is 3.53. The van der Waals surface area contributed by atoms with Crippen LogP contribution in [0.3, 0.4) is 0 Å². The lowest BCUT2D eigenvalue weighted by atomic mass is 9.90. The van der Waals surface area contributed by atoms with E-state index in [1.807, 2.05) is 30.3 Å².